The van der Waals surface area contributed by atoms with E-state index in [9.17, 15) is 0 Å². The molecule has 1 aromatic heterocycles. The van der Waals surface area contributed by atoms with E-state index in [1.807, 2.05) is 24.3 Å². The minimum Gasteiger partial charge on any atom is -0.393 e. The minimum atomic E-state index is 0.533. The Morgan fingerprint density at radius 2 is 2.21 bits per heavy atom. The van der Waals surface area contributed by atoms with Crippen LogP contribution in [-0.4, -0.2) is 15.0 Å². The summed E-state index contributed by atoms with van der Waals surface area (Å²) in [6.45, 7) is 0. The fourth-order valence-electron chi connectivity index (χ4n) is 1.37. The van der Waals surface area contributed by atoms with E-state index in [-0.39, 0.29) is 0 Å². The number of nitrogens with one attached hydrogen (secondary N) is 1. The van der Waals surface area contributed by atoms with Crippen molar-refractivity contribution >= 4 is 28.2 Å². The lowest BCUT2D eigenvalue weighted by Gasteiger charge is -1.93. The summed E-state index contributed by atoms with van der Waals surface area (Å²) in [5, 5.41) is 0. The number of nitrogens with zero attached hydrogens (tertiary/aromatic N) is 1. The second kappa shape index (κ2) is 3.75. The van der Waals surface area contributed by atoms with Crippen LogP contribution in [0, 0.1) is 0 Å². The van der Waals surface area contributed by atoms with Gasteiger partial charge in [0.2, 0.25) is 0 Å². The molecule has 1 aromatic carbocycles. The summed E-state index contributed by atoms with van der Waals surface area (Å²) in [5.41, 5.74) is 7.48. The average Bonchev–Trinajstić information content (AvgIpc) is 2.57. The zero-order valence-corrected chi connectivity index (χ0v) is 8.47. The van der Waals surface area contributed by atoms with Gasteiger partial charge in [0.15, 0.2) is 0 Å². The molecule has 0 amide bonds. The predicted molar refractivity (Wildman–Crippen MR) is 61.2 cm³/mol. The van der Waals surface area contributed by atoms with Crippen LogP contribution in [0.25, 0.3) is 11.0 Å². The Morgan fingerprint density at radius 1 is 1.43 bits per heavy atom. The lowest BCUT2D eigenvalue weighted by molar-refractivity contribution is 0.944. The molecule has 3 nitrogen and oxygen atoms in total. The number of hydrogen-bond acceptors (Lipinski definition) is 2. The number of hydrogen-bond donors (Lipinski definition) is 2. The van der Waals surface area contributed by atoms with Gasteiger partial charge in [-0.3, -0.25) is 0 Å². The molecule has 0 aliphatic carbocycles. The summed E-state index contributed by atoms with van der Waals surface area (Å²) in [5.74, 6) is 0.944. The van der Waals surface area contributed by atoms with Crippen molar-refractivity contribution in [3.05, 3.63) is 30.1 Å². The molecular formula is C10H11N3S. The van der Waals surface area contributed by atoms with Crippen LogP contribution < -0.4 is 5.73 Å². The maximum atomic E-state index is 5.42. The van der Waals surface area contributed by atoms with Crippen LogP contribution in [0.1, 0.15) is 12.2 Å². The van der Waals surface area contributed by atoms with Crippen molar-refractivity contribution in [1.29, 1.82) is 0 Å². The number of thiocarbonyl (C=S) groups is 1. The summed E-state index contributed by atoms with van der Waals surface area (Å²) >= 11 is 4.81. The molecule has 1 heterocycles. The molecule has 0 aliphatic heterocycles. The molecule has 0 atom stereocenters. The third kappa shape index (κ3) is 1.90. The number of aryl methyl sites for hydroxylation is 1. The van der Waals surface area contributed by atoms with E-state index >= 15 is 0 Å². The number of benzene rings is 1. The highest BCUT2D eigenvalue weighted by Gasteiger charge is 2.01. The Bertz CT molecular complexity index is 428. The Morgan fingerprint density at radius 3 is 2.93 bits per heavy atom. The third-order valence-electron chi connectivity index (χ3n) is 2.05. The van der Waals surface area contributed by atoms with E-state index in [0.29, 0.717) is 11.4 Å². The first kappa shape index (κ1) is 9.15. The fraction of sp³-hybridized carbons (Fsp3) is 0.200. The minimum absolute atomic E-state index is 0.533. The third-order valence-corrected chi connectivity index (χ3v) is 2.25. The molecule has 0 aliphatic rings. The quantitative estimate of drug-likeness (QED) is 0.751. The average molecular weight is 205 g/mol. The van der Waals surface area contributed by atoms with Crippen LogP contribution in [0.2, 0.25) is 0 Å². The first-order chi connectivity index (χ1) is 6.75. The summed E-state index contributed by atoms with van der Waals surface area (Å²) in [6, 6.07) is 7.95. The van der Waals surface area contributed by atoms with Crippen LogP contribution in [0.4, 0.5) is 0 Å². The molecule has 14 heavy (non-hydrogen) atoms. The lowest BCUT2D eigenvalue weighted by atomic mass is 10.3. The van der Waals surface area contributed by atoms with E-state index in [2.05, 4.69) is 9.97 Å². The summed E-state index contributed by atoms with van der Waals surface area (Å²) in [7, 11) is 0. The molecule has 4 heteroatoms. The monoisotopic (exact) mass is 205 g/mol. The highest BCUT2D eigenvalue weighted by molar-refractivity contribution is 7.80. The van der Waals surface area contributed by atoms with Gasteiger partial charge < -0.3 is 10.7 Å². The van der Waals surface area contributed by atoms with E-state index in [1.165, 1.54) is 0 Å². The van der Waals surface area contributed by atoms with Crippen molar-refractivity contribution in [2.75, 3.05) is 0 Å². The predicted octanol–water partition coefficient (Wildman–Crippen LogP) is 1.78. The van der Waals surface area contributed by atoms with Crippen LogP contribution in [0.5, 0.6) is 0 Å². The highest BCUT2D eigenvalue weighted by atomic mass is 32.1. The Balaban J connectivity index is 2.22. The molecule has 0 unspecified atom stereocenters. The number of H-pyrrole nitrogens is 1. The summed E-state index contributed by atoms with van der Waals surface area (Å²) in [4.78, 5) is 8.17. The fourth-order valence-corrected chi connectivity index (χ4v) is 1.47. The number of fused-ring (bicyclic) bond motifs is 1. The summed E-state index contributed by atoms with van der Waals surface area (Å²) in [6.07, 6.45) is 1.49. The zero-order valence-electron chi connectivity index (χ0n) is 7.66. The van der Waals surface area contributed by atoms with Crippen molar-refractivity contribution in [1.82, 2.24) is 9.97 Å². The van der Waals surface area contributed by atoms with E-state index in [4.69, 9.17) is 18.0 Å². The summed E-state index contributed by atoms with van der Waals surface area (Å²) < 4.78 is 0. The van der Waals surface area contributed by atoms with Crippen molar-refractivity contribution in [3.63, 3.8) is 0 Å². The van der Waals surface area contributed by atoms with Crippen LogP contribution >= 0.6 is 12.2 Å². The number of aromatic nitrogens is 2. The van der Waals surface area contributed by atoms with Gasteiger partial charge >= 0.3 is 0 Å². The van der Waals surface area contributed by atoms with Crippen LogP contribution in [0.3, 0.4) is 0 Å². The maximum Gasteiger partial charge on any atom is 0.107 e. The molecule has 3 N–H and O–H groups in total. The Labute approximate surface area is 87.3 Å². The number of aromatic amines is 1. The molecule has 0 saturated heterocycles. The first-order valence-electron chi connectivity index (χ1n) is 4.47. The maximum absolute atomic E-state index is 5.42. The topological polar surface area (TPSA) is 54.7 Å². The number of nitrogens with two attached hydrogens (primary N) is 1. The Hall–Kier alpha value is -1.42. The number of para-hydroxylation sites is 2. The molecule has 0 fully saturated rings. The Kier molecular flexibility index (Phi) is 2.45. The molecule has 0 saturated carbocycles. The largest absolute Gasteiger partial charge is 0.393 e. The molecule has 0 radical (unpaired) electrons. The van der Waals surface area contributed by atoms with Gasteiger partial charge in [0, 0.05) is 12.8 Å². The van der Waals surface area contributed by atoms with Gasteiger partial charge in [-0.05, 0) is 12.1 Å². The SMILES string of the molecule is NC(=S)CCc1nc2ccccc2[nH]1. The molecule has 0 spiro atoms. The smallest absolute Gasteiger partial charge is 0.107 e. The molecule has 72 valence electrons. The van der Waals surface area contributed by atoms with E-state index in [0.717, 1.165) is 23.3 Å². The molecule has 2 rings (SSSR count). The molecule has 0 bridgehead atoms. The second-order valence-corrected chi connectivity index (χ2v) is 3.69. The highest BCUT2D eigenvalue weighted by Crippen LogP contribution is 2.11. The van der Waals surface area contributed by atoms with Gasteiger partial charge in [-0.2, -0.15) is 0 Å². The van der Waals surface area contributed by atoms with Crippen LogP contribution in [0.15, 0.2) is 24.3 Å². The van der Waals surface area contributed by atoms with Crippen molar-refractivity contribution < 1.29 is 0 Å². The van der Waals surface area contributed by atoms with Gasteiger partial charge in [-0.1, -0.05) is 24.4 Å². The lowest BCUT2D eigenvalue weighted by Crippen LogP contribution is -2.08. The normalized spacial score (nSPS) is 10.6. The van der Waals surface area contributed by atoms with Gasteiger partial charge in [-0.15, -0.1) is 0 Å². The molecule has 2 aromatic rings. The van der Waals surface area contributed by atoms with Crippen molar-refractivity contribution in [2.24, 2.45) is 5.73 Å². The van der Waals surface area contributed by atoms with Gasteiger partial charge in [0.05, 0.1) is 16.0 Å². The van der Waals surface area contributed by atoms with Gasteiger partial charge in [-0.25, -0.2) is 4.98 Å². The molecular weight excluding hydrogens is 194 g/mol. The number of rotatable bonds is 3. The van der Waals surface area contributed by atoms with E-state index in [1.54, 1.807) is 0 Å². The van der Waals surface area contributed by atoms with Crippen molar-refractivity contribution in [3.8, 4) is 0 Å². The second-order valence-electron chi connectivity index (χ2n) is 3.17. The van der Waals surface area contributed by atoms with Crippen LogP contribution in [-0.2, 0) is 6.42 Å². The van der Waals surface area contributed by atoms with E-state index < -0.39 is 0 Å². The number of imidazole rings is 1. The standard InChI is InChI=1S/C10H11N3S/c11-9(14)5-6-10-12-7-3-1-2-4-8(7)13-10/h1-4H,5-6H2,(H2,11,14)(H,12,13). The van der Waals surface area contributed by atoms with Gasteiger partial charge in [0.25, 0.3) is 0 Å². The van der Waals surface area contributed by atoms with Crippen molar-refractivity contribution in [2.45, 2.75) is 12.8 Å². The zero-order chi connectivity index (χ0) is 9.97. The first-order valence-corrected chi connectivity index (χ1v) is 4.88. The van der Waals surface area contributed by atoms with Gasteiger partial charge in [0.1, 0.15) is 5.82 Å².